The fraction of sp³-hybridized carbons (Fsp3) is 0.562. The summed E-state index contributed by atoms with van der Waals surface area (Å²) in [6, 6.07) is 8.51. The van der Waals surface area contributed by atoms with Crippen molar-refractivity contribution in [2.75, 3.05) is 32.6 Å². The predicted molar refractivity (Wildman–Crippen MR) is 107 cm³/mol. The van der Waals surface area contributed by atoms with E-state index in [0.29, 0.717) is 0 Å². The SMILES string of the molecule is CN=C(NCCCCSC)N(C)Cc1ccccc1C.I. The van der Waals surface area contributed by atoms with Crippen molar-refractivity contribution in [3.05, 3.63) is 35.4 Å². The van der Waals surface area contributed by atoms with Gasteiger partial charge in [0.05, 0.1) is 0 Å². The first kappa shape index (κ1) is 20.6. The minimum absolute atomic E-state index is 0. The van der Waals surface area contributed by atoms with Crippen LogP contribution in [0, 0.1) is 6.92 Å². The largest absolute Gasteiger partial charge is 0.356 e. The molecule has 0 unspecified atom stereocenters. The van der Waals surface area contributed by atoms with Gasteiger partial charge < -0.3 is 10.2 Å². The Morgan fingerprint density at radius 3 is 2.62 bits per heavy atom. The molecule has 0 bridgehead atoms. The Morgan fingerprint density at radius 1 is 1.29 bits per heavy atom. The smallest absolute Gasteiger partial charge is 0.193 e. The molecular formula is C16H28IN3S. The van der Waals surface area contributed by atoms with Crippen molar-refractivity contribution in [2.24, 2.45) is 4.99 Å². The Bertz CT molecular complexity index is 424. The first-order chi connectivity index (χ1) is 9.69. The summed E-state index contributed by atoms with van der Waals surface area (Å²) in [5.74, 6) is 2.21. The highest BCUT2D eigenvalue weighted by atomic mass is 127. The van der Waals surface area contributed by atoms with Crippen molar-refractivity contribution >= 4 is 41.7 Å². The van der Waals surface area contributed by atoms with E-state index in [1.54, 1.807) is 0 Å². The van der Waals surface area contributed by atoms with Crippen LogP contribution >= 0.6 is 35.7 Å². The number of nitrogens with one attached hydrogen (secondary N) is 1. The molecule has 0 atom stereocenters. The number of nitrogens with zero attached hydrogens (tertiary/aromatic N) is 2. The van der Waals surface area contributed by atoms with Crippen LogP contribution in [0.25, 0.3) is 0 Å². The maximum absolute atomic E-state index is 4.36. The first-order valence-electron chi connectivity index (χ1n) is 7.14. The lowest BCUT2D eigenvalue weighted by Gasteiger charge is -2.23. The lowest BCUT2D eigenvalue weighted by atomic mass is 10.1. The number of guanidine groups is 1. The molecule has 1 N–H and O–H groups in total. The zero-order valence-corrected chi connectivity index (χ0v) is 16.7. The number of aryl methyl sites for hydroxylation is 1. The van der Waals surface area contributed by atoms with Gasteiger partial charge in [0, 0.05) is 27.2 Å². The van der Waals surface area contributed by atoms with Gasteiger partial charge >= 0.3 is 0 Å². The average Bonchev–Trinajstić information content (AvgIpc) is 2.45. The molecule has 0 amide bonds. The molecular weight excluding hydrogens is 393 g/mol. The van der Waals surface area contributed by atoms with E-state index in [9.17, 15) is 0 Å². The molecule has 0 aliphatic rings. The summed E-state index contributed by atoms with van der Waals surface area (Å²) in [6.07, 6.45) is 4.60. The van der Waals surface area contributed by atoms with Gasteiger partial charge in [-0.2, -0.15) is 11.8 Å². The maximum atomic E-state index is 4.36. The summed E-state index contributed by atoms with van der Waals surface area (Å²) in [5.41, 5.74) is 2.68. The minimum atomic E-state index is 0. The zero-order chi connectivity index (χ0) is 14.8. The fourth-order valence-corrected chi connectivity index (χ4v) is 2.57. The van der Waals surface area contributed by atoms with Gasteiger partial charge in [0.25, 0.3) is 0 Å². The summed E-state index contributed by atoms with van der Waals surface area (Å²) in [4.78, 5) is 6.54. The molecule has 0 heterocycles. The Labute approximate surface area is 151 Å². The third-order valence-electron chi connectivity index (χ3n) is 3.30. The van der Waals surface area contributed by atoms with Crippen molar-refractivity contribution < 1.29 is 0 Å². The Hall–Kier alpha value is -0.430. The first-order valence-corrected chi connectivity index (χ1v) is 8.53. The van der Waals surface area contributed by atoms with Gasteiger partial charge in [0.15, 0.2) is 5.96 Å². The van der Waals surface area contributed by atoms with Gasteiger partial charge in [-0.3, -0.25) is 4.99 Å². The maximum Gasteiger partial charge on any atom is 0.193 e. The number of thioether (sulfide) groups is 1. The lowest BCUT2D eigenvalue weighted by Crippen LogP contribution is -2.39. The topological polar surface area (TPSA) is 27.6 Å². The molecule has 1 aromatic rings. The highest BCUT2D eigenvalue weighted by Crippen LogP contribution is 2.09. The van der Waals surface area contributed by atoms with Crippen molar-refractivity contribution in [1.82, 2.24) is 10.2 Å². The standard InChI is InChI=1S/C16H27N3S.HI/c1-14-9-5-6-10-15(14)13-19(3)16(17-2)18-11-7-8-12-20-4;/h5-6,9-10H,7-8,11-13H2,1-4H3,(H,17,18);1H. The van der Waals surface area contributed by atoms with Crippen LogP contribution in [0.2, 0.25) is 0 Å². The van der Waals surface area contributed by atoms with E-state index in [1.807, 2.05) is 18.8 Å². The van der Waals surface area contributed by atoms with E-state index in [0.717, 1.165) is 19.0 Å². The van der Waals surface area contributed by atoms with E-state index in [2.05, 4.69) is 59.7 Å². The second kappa shape index (κ2) is 12.1. The summed E-state index contributed by atoms with van der Waals surface area (Å²) in [7, 11) is 3.93. The molecule has 0 aliphatic carbocycles. The van der Waals surface area contributed by atoms with Gasteiger partial charge in [-0.25, -0.2) is 0 Å². The third kappa shape index (κ3) is 7.95. The highest BCUT2D eigenvalue weighted by molar-refractivity contribution is 14.0. The van der Waals surface area contributed by atoms with Gasteiger partial charge in [0.2, 0.25) is 0 Å². The number of hydrogen-bond acceptors (Lipinski definition) is 2. The van der Waals surface area contributed by atoms with Crippen LogP contribution in [-0.4, -0.2) is 43.5 Å². The van der Waals surface area contributed by atoms with Gasteiger partial charge in [-0.05, 0) is 42.9 Å². The molecule has 0 saturated heterocycles. The van der Waals surface area contributed by atoms with Crippen LogP contribution < -0.4 is 5.32 Å². The molecule has 3 nitrogen and oxygen atoms in total. The van der Waals surface area contributed by atoms with Crippen molar-refractivity contribution in [1.29, 1.82) is 0 Å². The molecule has 0 aliphatic heterocycles. The van der Waals surface area contributed by atoms with Crippen LogP contribution in [-0.2, 0) is 6.54 Å². The van der Waals surface area contributed by atoms with Crippen molar-refractivity contribution in [3.8, 4) is 0 Å². The van der Waals surface area contributed by atoms with Crippen molar-refractivity contribution in [2.45, 2.75) is 26.3 Å². The molecule has 120 valence electrons. The molecule has 0 aromatic heterocycles. The molecule has 1 rings (SSSR count). The van der Waals surface area contributed by atoms with E-state index < -0.39 is 0 Å². The van der Waals surface area contributed by atoms with E-state index >= 15 is 0 Å². The zero-order valence-electron chi connectivity index (χ0n) is 13.6. The third-order valence-corrected chi connectivity index (χ3v) is 4.00. The van der Waals surface area contributed by atoms with Gasteiger partial charge in [0.1, 0.15) is 0 Å². The quantitative estimate of drug-likeness (QED) is 0.315. The molecule has 0 radical (unpaired) electrons. The predicted octanol–water partition coefficient (Wildman–Crippen LogP) is 3.76. The van der Waals surface area contributed by atoms with E-state index in [1.165, 1.54) is 29.7 Å². The minimum Gasteiger partial charge on any atom is -0.356 e. The van der Waals surface area contributed by atoms with Crippen LogP contribution in [0.4, 0.5) is 0 Å². The average molecular weight is 421 g/mol. The number of rotatable bonds is 7. The number of halogens is 1. The monoisotopic (exact) mass is 421 g/mol. The molecule has 0 saturated carbocycles. The van der Waals surface area contributed by atoms with Crippen molar-refractivity contribution in [3.63, 3.8) is 0 Å². The van der Waals surface area contributed by atoms with E-state index in [-0.39, 0.29) is 24.0 Å². The van der Waals surface area contributed by atoms with Crippen LogP contribution in [0.15, 0.2) is 29.3 Å². The number of hydrogen-bond donors (Lipinski definition) is 1. The second-order valence-corrected chi connectivity index (χ2v) is 5.94. The molecule has 0 spiro atoms. The Kier molecular flexibility index (Phi) is 11.9. The Morgan fingerprint density at radius 2 is 2.00 bits per heavy atom. The molecule has 0 fully saturated rings. The summed E-state index contributed by atoms with van der Waals surface area (Å²) >= 11 is 1.91. The number of aliphatic imine (C=N–C) groups is 1. The van der Waals surface area contributed by atoms with Crippen LogP contribution in [0.3, 0.4) is 0 Å². The van der Waals surface area contributed by atoms with E-state index in [4.69, 9.17) is 0 Å². The normalized spacial score (nSPS) is 11.0. The summed E-state index contributed by atoms with van der Waals surface area (Å²) < 4.78 is 0. The number of unbranched alkanes of at least 4 members (excludes halogenated alkanes) is 1. The van der Waals surface area contributed by atoms with Gasteiger partial charge in [-0.15, -0.1) is 24.0 Å². The molecule has 21 heavy (non-hydrogen) atoms. The Balaban J connectivity index is 0.00000400. The molecule has 1 aromatic carbocycles. The summed E-state index contributed by atoms with van der Waals surface area (Å²) in [5, 5.41) is 3.43. The molecule has 5 heteroatoms. The van der Waals surface area contributed by atoms with Crippen LogP contribution in [0.5, 0.6) is 0 Å². The summed E-state index contributed by atoms with van der Waals surface area (Å²) in [6.45, 7) is 4.03. The number of benzene rings is 1. The lowest BCUT2D eigenvalue weighted by molar-refractivity contribution is 0.474. The fourth-order valence-electron chi connectivity index (χ4n) is 2.07. The second-order valence-electron chi connectivity index (χ2n) is 4.96. The van der Waals surface area contributed by atoms with Crippen LogP contribution in [0.1, 0.15) is 24.0 Å². The van der Waals surface area contributed by atoms with Gasteiger partial charge in [-0.1, -0.05) is 24.3 Å². The highest BCUT2D eigenvalue weighted by Gasteiger charge is 2.07.